The van der Waals surface area contributed by atoms with Crippen molar-refractivity contribution in [3.05, 3.63) is 23.2 Å². The average molecular weight is 256 g/mol. The molecular formula is C12H18ClN3O. The summed E-state index contributed by atoms with van der Waals surface area (Å²) in [4.78, 5) is 11.3. The van der Waals surface area contributed by atoms with Gasteiger partial charge in [-0.3, -0.25) is 4.79 Å². The Balaban J connectivity index is 2.33. The maximum absolute atomic E-state index is 11.3. The second-order valence-corrected chi connectivity index (χ2v) is 4.19. The second-order valence-electron chi connectivity index (χ2n) is 3.76. The van der Waals surface area contributed by atoms with E-state index in [1.165, 1.54) is 0 Å². The summed E-state index contributed by atoms with van der Waals surface area (Å²) in [6.45, 7) is 3.30. The topological polar surface area (TPSA) is 67.2 Å². The molecule has 0 aliphatic rings. The number of hydrogen-bond acceptors (Lipinski definition) is 3. The van der Waals surface area contributed by atoms with Crippen molar-refractivity contribution >= 4 is 28.9 Å². The fourth-order valence-electron chi connectivity index (χ4n) is 1.36. The predicted molar refractivity (Wildman–Crippen MR) is 72.3 cm³/mol. The minimum absolute atomic E-state index is 0.0480. The number of rotatable bonds is 6. The molecule has 0 fully saturated rings. The lowest BCUT2D eigenvalue weighted by Crippen LogP contribution is -2.25. The fraction of sp³-hybridized carbons (Fsp3) is 0.417. The van der Waals surface area contributed by atoms with E-state index < -0.39 is 0 Å². The third kappa shape index (κ3) is 4.95. The van der Waals surface area contributed by atoms with Gasteiger partial charge in [-0.05, 0) is 24.6 Å². The molecule has 4 nitrogen and oxygen atoms in total. The van der Waals surface area contributed by atoms with Crippen molar-refractivity contribution in [3.63, 3.8) is 0 Å². The molecule has 0 bridgehead atoms. The third-order valence-electron chi connectivity index (χ3n) is 2.25. The summed E-state index contributed by atoms with van der Waals surface area (Å²) < 4.78 is 0. The molecule has 0 spiro atoms. The minimum atomic E-state index is 0.0480. The monoisotopic (exact) mass is 255 g/mol. The van der Waals surface area contributed by atoms with E-state index in [0.29, 0.717) is 23.7 Å². The van der Waals surface area contributed by atoms with Crippen molar-refractivity contribution in [2.45, 2.75) is 19.8 Å². The van der Waals surface area contributed by atoms with Gasteiger partial charge >= 0.3 is 0 Å². The molecule has 1 aromatic rings. The Morgan fingerprint density at radius 2 is 2.18 bits per heavy atom. The van der Waals surface area contributed by atoms with E-state index in [1.54, 1.807) is 12.1 Å². The molecule has 0 aromatic heterocycles. The number of nitrogens with one attached hydrogen (secondary N) is 2. The Bertz CT molecular complexity index is 382. The van der Waals surface area contributed by atoms with Crippen LogP contribution in [0, 0.1) is 0 Å². The van der Waals surface area contributed by atoms with Gasteiger partial charge in [0, 0.05) is 24.5 Å². The van der Waals surface area contributed by atoms with Gasteiger partial charge in [-0.25, -0.2) is 0 Å². The highest BCUT2D eigenvalue weighted by Crippen LogP contribution is 2.22. The van der Waals surface area contributed by atoms with Gasteiger partial charge in [0.1, 0.15) is 0 Å². The van der Waals surface area contributed by atoms with Crippen LogP contribution in [0.2, 0.25) is 5.02 Å². The summed E-state index contributed by atoms with van der Waals surface area (Å²) in [6.07, 6.45) is 1.38. The summed E-state index contributed by atoms with van der Waals surface area (Å²) in [5.74, 6) is 0.0480. The lowest BCUT2D eigenvalue weighted by molar-refractivity contribution is -0.120. The van der Waals surface area contributed by atoms with Crippen LogP contribution in [-0.2, 0) is 4.79 Å². The van der Waals surface area contributed by atoms with Gasteiger partial charge in [-0.15, -0.1) is 0 Å². The SMILES string of the molecule is CCCNC(=O)CCNc1ccc(Cl)cc1N. The van der Waals surface area contributed by atoms with Gasteiger partial charge in [0.15, 0.2) is 0 Å². The summed E-state index contributed by atoms with van der Waals surface area (Å²) >= 11 is 5.79. The predicted octanol–water partition coefficient (Wildman–Crippen LogP) is 2.25. The average Bonchev–Trinajstić information content (AvgIpc) is 2.29. The number of carbonyl (C=O) groups is 1. The molecule has 0 aliphatic heterocycles. The molecule has 0 radical (unpaired) electrons. The van der Waals surface area contributed by atoms with Gasteiger partial charge in [0.25, 0.3) is 0 Å². The van der Waals surface area contributed by atoms with E-state index in [2.05, 4.69) is 10.6 Å². The molecule has 1 amide bonds. The molecule has 0 heterocycles. The summed E-state index contributed by atoms with van der Waals surface area (Å²) in [5.41, 5.74) is 7.16. The lowest BCUT2D eigenvalue weighted by Gasteiger charge is -2.09. The first-order valence-corrected chi connectivity index (χ1v) is 6.07. The number of halogens is 1. The number of carbonyl (C=O) groups excluding carboxylic acids is 1. The van der Waals surface area contributed by atoms with Crippen molar-refractivity contribution in [1.29, 1.82) is 0 Å². The van der Waals surface area contributed by atoms with E-state index in [9.17, 15) is 4.79 Å². The Hall–Kier alpha value is -1.42. The number of anilines is 2. The molecular weight excluding hydrogens is 238 g/mol. The zero-order valence-corrected chi connectivity index (χ0v) is 10.7. The van der Waals surface area contributed by atoms with Crippen LogP contribution in [-0.4, -0.2) is 19.0 Å². The standard InChI is InChI=1S/C12H18ClN3O/c1-2-6-16-12(17)5-7-15-11-4-3-9(13)8-10(11)14/h3-4,8,15H,2,5-7,14H2,1H3,(H,16,17). The first kappa shape index (κ1) is 13.6. The molecule has 1 aromatic carbocycles. The maximum atomic E-state index is 11.3. The Kier molecular flexibility index (Phi) is 5.63. The molecule has 0 atom stereocenters. The summed E-state index contributed by atoms with van der Waals surface area (Å²) in [5, 5.41) is 6.52. The van der Waals surface area contributed by atoms with Gasteiger partial charge in [0.05, 0.1) is 11.4 Å². The molecule has 94 valence electrons. The van der Waals surface area contributed by atoms with Crippen LogP contribution in [0.1, 0.15) is 19.8 Å². The number of nitrogens with two attached hydrogens (primary N) is 1. The van der Waals surface area contributed by atoms with Crippen LogP contribution in [0.4, 0.5) is 11.4 Å². The van der Waals surface area contributed by atoms with E-state index in [4.69, 9.17) is 17.3 Å². The molecule has 5 heteroatoms. The molecule has 4 N–H and O–H groups in total. The zero-order chi connectivity index (χ0) is 12.7. The largest absolute Gasteiger partial charge is 0.397 e. The molecule has 0 unspecified atom stereocenters. The normalized spacial score (nSPS) is 10.0. The first-order valence-electron chi connectivity index (χ1n) is 5.69. The van der Waals surface area contributed by atoms with E-state index in [-0.39, 0.29) is 5.91 Å². The fourth-order valence-corrected chi connectivity index (χ4v) is 1.54. The summed E-state index contributed by atoms with van der Waals surface area (Å²) in [6, 6.07) is 5.25. The Morgan fingerprint density at radius 3 is 2.82 bits per heavy atom. The van der Waals surface area contributed by atoms with Crippen LogP contribution < -0.4 is 16.4 Å². The molecule has 1 rings (SSSR count). The smallest absolute Gasteiger partial charge is 0.221 e. The van der Waals surface area contributed by atoms with Crippen LogP contribution in [0.5, 0.6) is 0 Å². The molecule has 0 aliphatic carbocycles. The highest BCUT2D eigenvalue weighted by atomic mass is 35.5. The second kappa shape index (κ2) is 7.01. The quantitative estimate of drug-likeness (QED) is 0.683. The number of benzene rings is 1. The molecule has 17 heavy (non-hydrogen) atoms. The number of hydrogen-bond donors (Lipinski definition) is 3. The highest BCUT2D eigenvalue weighted by Gasteiger charge is 2.02. The summed E-state index contributed by atoms with van der Waals surface area (Å²) in [7, 11) is 0. The van der Waals surface area contributed by atoms with Crippen LogP contribution in [0.3, 0.4) is 0 Å². The van der Waals surface area contributed by atoms with Gasteiger partial charge < -0.3 is 16.4 Å². The van der Waals surface area contributed by atoms with Gasteiger partial charge in [0.2, 0.25) is 5.91 Å². The lowest BCUT2D eigenvalue weighted by atomic mass is 10.2. The third-order valence-corrected chi connectivity index (χ3v) is 2.49. The van der Waals surface area contributed by atoms with Crippen molar-refractivity contribution in [1.82, 2.24) is 5.32 Å². The van der Waals surface area contributed by atoms with Crippen molar-refractivity contribution in [3.8, 4) is 0 Å². The Labute approximate surface area is 107 Å². The van der Waals surface area contributed by atoms with Crippen molar-refractivity contribution < 1.29 is 4.79 Å². The maximum Gasteiger partial charge on any atom is 0.221 e. The van der Waals surface area contributed by atoms with Crippen molar-refractivity contribution in [2.24, 2.45) is 0 Å². The van der Waals surface area contributed by atoms with E-state index in [0.717, 1.165) is 18.7 Å². The molecule has 0 saturated carbocycles. The van der Waals surface area contributed by atoms with Crippen molar-refractivity contribution in [2.75, 3.05) is 24.1 Å². The molecule has 0 saturated heterocycles. The van der Waals surface area contributed by atoms with Gasteiger partial charge in [-0.1, -0.05) is 18.5 Å². The van der Waals surface area contributed by atoms with E-state index >= 15 is 0 Å². The van der Waals surface area contributed by atoms with Gasteiger partial charge in [-0.2, -0.15) is 0 Å². The van der Waals surface area contributed by atoms with Crippen LogP contribution in [0.25, 0.3) is 0 Å². The van der Waals surface area contributed by atoms with Crippen LogP contribution in [0.15, 0.2) is 18.2 Å². The van der Waals surface area contributed by atoms with Crippen LogP contribution >= 0.6 is 11.6 Å². The number of amides is 1. The zero-order valence-electron chi connectivity index (χ0n) is 9.92. The Morgan fingerprint density at radius 1 is 1.41 bits per heavy atom. The number of nitrogen functional groups attached to an aromatic ring is 1. The highest BCUT2D eigenvalue weighted by molar-refractivity contribution is 6.31. The first-order chi connectivity index (χ1) is 8.13. The van der Waals surface area contributed by atoms with E-state index in [1.807, 2.05) is 13.0 Å². The minimum Gasteiger partial charge on any atom is -0.397 e.